The normalized spacial score (nSPS) is 10.1. The van der Waals surface area contributed by atoms with Crippen molar-refractivity contribution in [2.75, 3.05) is 0 Å². The van der Waals surface area contributed by atoms with Crippen LogP contribution in [-0.2, 0) is 6.42 Å². The van der Waals surface area contributed by atoms with Crippen LogP contribution in [0, 0.1) is 11.3 Å². The quantitative estimate of drug-likeness (QED) is 0.702. The van der Waals surface area contributed by atoms with E-state index in [4.69, 9.17) is 5.26 Å². The molecule has 4 heteroatoms. The highest BCUT2D eigenvalue weighted by Crippen LogP contribution is 2.16. The van der Waals surface area contributed by atoms with E-state index in [9.17, 15) is 5.11 Å². The van der Waals surface area contributed by atoms with Crippen LogP contribution in [-0.4, -0.2) is 14.5 Å². The van der Waals surface area contributed by atoms with Crippen LogP contribution < -0.4 is 0 Å². The summed E-state index contributed by atoms with van der Waals surface area (Å²) < 4.78 is 1.70. The molecule has 0 radical (unpaired) electrons. The minimum absolute atomic E-state index is 0.131. The number of imidazole rings is 1. The first-order valence-corrected chi connectivity index (χ1v) is 3.84. The van der Waals surface area contributed by atoms with Crippen LogP contribution in [0.2, 0.25) is 0 Å². The van der Waals surface area contributed by atoms with Crippen LogP contribution in [0.5, 0.6) is 5.75 Å². The number of hydrogen-bond donors (Lipinski definition) is 1. The summed E-state index contributed by atoms with van der Waals surface area (Å²) in [5, 5.41) is 17.8. The zero-order valence-corrected chi connectivity index (χ0v) is 6.81. The zero-order valence-electron chi connectivity index (χ0n) is 6.81. The molecular weight excluding hydrogens is 166 g/mol. The Morgan fingerprint density at radius 1 is 1.62 bits per heavy atom. The highest BCUT2D eigenvalue weighted by atomic mass is 16.3. The van der Waals surface area contributed by atoms with E-state index in [-0.39, 0.29) is 12.2 Å². The second kappa shape index (κ2) is 2.79. The average Bonchev–Trinajstić information content (AvgIpc) is 2.49. The van der Waals surface area contributed by atoms with Crippen LogP contribution in [0.15, 0.2) is 24.5 Å². The van der Waals surface area contributed by atoms with E-state index in [0.717, 1.165) is 0 Å². The lowest BCUT2D eigenvalue weighted by Crippen LogP contribution is -1.80. The number of pyridine rings is 1. The number of nitrogens with zero attached hydrogens (tertiary/aromatic N) is 3. The van der Waals surface area contributed by atoms with Gasteiger partial charge in [0.15, 0.2) is 11.4 Å². The molecule has 2 heterocycles. The van der Waals surface area contributed by atoms with Crippen molar-refractivity contribution in [1.82, 2.24) is 9.38 Å². The van der Waals surface area contributed by atoms with Crippen molar-refractivity contribution in [1.29, 1.82) is 5.26 Å². The van der Waals surface area contributed by atoms with Gasteiger partial charge in [0.05, 0.1) is 18.2 Å². The van der Waals surface area contributed by atoms with Gasteiger partial charge in [0.1, 0.15) is 0 Å². The molecule has 0 saturated carbocycles. The average molecular weight is 173 g/mol. The second-order valence-corrected chi connectivity index (χ2v) is 2.69. The summed E-state index contributed by atoms with van der Waals surface area (Å²) in [5.74, 6) is 0.131. The SMILES string of the molecule is N#CCc1cn2cccc(O)c2n1. The van der Waals surface area contributed by atoms with Gasteiger partial charge in [0.25, 0.3) is 0 Å². The van der Waals surface area contributed by atoms with Crippen molar-refractivity contribution in [3.8, 4) is 11.8 Å². The Bertz CT molecular complexity index is 481. The maximum atomic E-state index is 9.39. The van der Waals surface area contributed by atoms with E-state index in [1.54, 1.807) is 28.9 Å². The molecular formula is C9H7N3O. The van der Waals surface area contributed by atoms with Gasteiger partial charge in [0, 0.05) is 12.4 Å². The van der Waals surface area contributed by atoms with Crippen molar-refractivity contribution < 1.29 is 5.11 Å². The molecule has 0 amide bonds. The molecule has 0 aliphatic carbocycles. The standard InChI is InChI=1S/C9H7N3O/c10-4-3-7-6-12-5-1-2-8(13)9(12)11-7/h1-2,5-6,13H,3H2. The molecule has 2 aromatic heterocycles. The summed E-state index contributed by atoms with van der Waals surface area (Å²) in [6.45, 7) is 0. The summed E-state index contributed by atoms with van der Waals surface area (Å²) in [4.78, 5) is 4.09. The van der Waals surface area contributed by atoms with Gasteiger partial charge in [-0.05, 0) is 12.1 Å². The molecule has 1 N–H and O–H groups in total. The molecule has 0 unspecified atom stereocenters. The number of fused-ring (bicyclic) bond motifs is 1. The molecule has 4 nitrogen and oxygen atoms in total. The molecule has 13 heavy (non-hydrogen) atoms. The second-order valence-electron chi connectivity index (χ2n) is 2.69. The fourth-order valence-electron chi connectivity index (χ4n) is 1.22. The molecule has 2 aromatic rings. The van der Waals surface area contributed by atoms with Gasteiger partial charge in [-0.1, -0.05) is 0 Å². The monoisotopic (exact) mass is 173 g/mol. The summed E-state index contributed by atoms with van der Waals surface area (Å²) in [7, 11) is 0. The van der Waals surface area contributed by atoms with E-state index in [2.05, 4.69) is 4.98 Å². The fraction of sp³-hybridized carbons (Fsp3) is 0.111. The first-order valence-electron chi connectivity index (χ1n) is 3.84. The summed E-state index contributed by atoms with van der Waals surface area (Å²) in [6, 6.07) is 5.30. The molecule has 64 valence electrons. The summed E-state index contributed by atoms with van der Waals surface area (Å²) in [6.07, 6.45) is 3.78. The van der Waals surface area contributed by atoms with Gasteiger partial charge in [-0.25, -0.2) is 4.98 Å². The van der Waals surface area contributed by atoms with E-state index in [1.165, 1.54) is 0 Å². The van der Waals surface area contributed by atoms with Crippen molar-refractivity contribution in [2.45, 2.75) is 6.42 Å². The zero-order chi connectivity index (χ0) is 9.26. The molecule has 0 saturated heterocycles. The minimum atomic E-state index is 0.131. The van der Waals surface area contributed by atoms with Crippen LogP contribution in [0.1, 0.15) is 5.69 Å². The smallest absolute Gasteiger partial charge is 0.179 e. The first-order chi connectivity index (χ1) is 6.31. The van der Waals surface area contributed by atoms with E-state index < -0.39 is 0 Å². The van der Waals surface area contributed by atoms with Crippen molar-refractivity contribution >= 4 is 5.65 Å². The highest BCUT2D eigenvalue weighted by molar-refractivity contribution is 5.53. The van der Waals surface area contributed by atoms with Crippen LogP contribution in [0.3, 0.4) is 0 Å². The molecule has 0 atom stereocenters. The molecule has 2 rings (SSSR count). The van der Waals surface area contributed by atoms with Gasteiger partial charge in [-0.3, -0.25) is 0 Å². The molecule has 0 aliphatic heterocycles. The Kier molecular flexibility index (Phi) is 1.64. The van der Waals surface area contributed by atoms with Crippen LogP contribution in [0.4, 0.5) is 0 Å². The Labute approximate surface area is 74.7 Å². The van der Waals surface area contributed by atoms with Crippen molar-refractivity contribution in [3.63, 3.8) is 0 Å². The summed E-state index contributed by atoms with van der Waals surface area (Å²) in [5.41, 5.74) is 1.16. The van der Waals surface area contributed by atoms with Gasteiger partial charge in [0.2, 0.25) is 0 Å². The Morgan fingerprint density at radius 2 is 2.46 bits per heavy atom. The Morgan fingerprint density at radius 3 is 3.15 bits per heavy atom. The maximum Gasteiger partial charge on any atom is 0.179 e. The lowest BCUT2D eigenvalue weighted by atomic mass is 10.4. The third kappa shape index (κ3) is 1.20. The van der Waals surface area contributed by atoms with Crippen molar-refractivity contribution in [3.05, 3.63) is 30.2 Å². The van der Waals surface area contributed by atoms with E-state index >= 15 is 0 Å². The topological polar surface area (TPSA) is 61.3 Å². The minimum Gasteiger partial charge on any atom is -0.504 e. The molecule has 0 aliphatic rings. The number of nitriles is 1. The number of aromatic nitrogens is 2. The molecule has 0 spiro atoms. The fourth-order valence-corrected chi connectivity index (χ4v) is 1.22. The maximum absolute atomic E-state index is 9.39. The van der Waals surface area contributed by atoms with Gasteiger partial charge >= 0.3 is 0 Å². The number of aromatic hydroxyl groups is 1. The predicted octanol–water partition coefficient (Wildman–Crippen LogP) is 1.11. The molecule has 0 aromatic carbocycles. The third-order valence-corrected chi connectivity index (χ3v) is 1.77. The molecule has 0 fully saturated rings. The highest BCUT2D eigenvalue weighted by Gasteiger charge is 2.03. The van der Waals surface area contributed by atoms with Gasteiger partial charge in [-0.15, -0.1) is 0 Å². The van der Waals surface area contributed by atoms with E-state index in [0.29, 0.717) is 11.3 Å². The van der Waals surface area contributed by atoms with Crippen LogP contribution in [0.25, 0.3) is 5.65 Å². The number of hydrogen-bond acceptors (Lipinski definition) is 3. The lowest BCUT2D eigenvalue weighted by Gasteiger charge is -1.92. The van der Waals surface area contributed by atoms with Crippen LogP contribution >= 0.6 is 0 Å². The Hall–Kier alpha value is -2.02. The first kappa shape index (κ1) is 7.62. The molecule has 0 bridgehead atoms. The largest absolute Gasteiger partial charge is 0.504 e. The Balaban J connectivity index is 2.63. The van der Waals surface area contributed by atoms with E-state index in [1.807, 2.05) is 6.07 Å². The van der Waals surface area contributed by atoms with Crippen molar-refractivity contribution in [2.24, 2.45) is 0 Å². The van der Waals surface area contributed by atoms with Gasteiger partial charge < -0.3 is 9.51 Å². The van der Waals surface area contributed by atoms with Gasteiger partial charge in [-0.2, -0.15) is 5.26 Å². The predicted molar refractivity (Wildman–Crippen MR) is 46.2 cm³/mol. The number of rotatable bonds is 1. The summed E-state index contributed by atoms with van der Waals surface area (Å²) >= 11 is 0. The third-order valence-electron chi connectivity index (χ3n) is 1.77. The lowest BCUT2D eigenvalue weighted by molar-refractivity contribution is 0.477.